The van der Waals surface area contributed by atoms with Gasteiger partial charge in [0.05, 0.1) is 25.5 Å². The predicted molar refractivity (Wildman–Crippen MR) is 143 cm³/mol. The van der Waals surface area contributed by atoms with E-state index in [0.717, 1.165) is 24.6 Å². The molecule has 1 aromatic heterocycles. The lowest BCUT2D eigenvalue weighted by molar-refractivity contribution is -0.137. The van der Waals surface area contributed by atoms with Gasteiger partial charge in [0.1, 0.15) is 10.7 Å². The van der Waals surface area contributed by atoms with E-state index in [9.17, 15) is 26.4 Å². The zero-order chi connectivity index (χ0) is 29.7. The van der Waals surface area contributed by atoms with Crippen LogP contribution >= 0.6 is 0 Å². The third-order valence-electron chi connectivity index (χ3n) is 6.01. The largest absolute Gasteiger partial charge is 0.493 e. The Bertz CT molecular complexity index is 1400. The number of alkyl halides is 3. The third kappa shape index (κ3) is 8.77. The summed E-state index contributed by atoms with van der Waals surface area (Å²) in [6.07, 6.45) is -2.06. The van der Waals surface area contributed by atoms with Crippen LogP contribution in [-0.4, -0.2) is 26.3 Å². The molecule has 218 valence electrons. The highest BCUT2D eigenvalue weighted by atomic mass is 32.2. The van der Waals surface area contributed by atoms with Crippen molar-refractivity contribution in [1.82, 2.24) is 4.90 Å². The van der Waals surface area contributed by atoms with Gasteiger partial charge >= 0.3 is 16.3 Å². The van der Waals surface area contributed by atoms with Crippen molar-refractivity contribution in [2.24, 2.45) is 11.3 Å². The fraction of sp³-hybridized carbons (Fsp3) is 0.414. The molecule has 0 aliphatic heterocycles. The highest BCUT2D eigenvalue weighted by molar-refractivity contribution is 7.87. The lowest BCUT2D eigenvalue weighted by Crippen LogP contribution is -2.31. The summed E-state index contributed by atoms with van der Waals surface area (Å²) in [6.45, 7) is 8.65. The number of halogens is 3. The molecule has 0 saturated heterocycles. The van der Waals surface area contributed by atoms with Gasteiger partial charge in [-0.05, 0) is 65.8 Å². The number of furan rings is 1. The minimum Gasteiger partial charge on any atom is -0.493 e. The van der Waals surface area contributed by atoms with Gasteiger partial charge < -0.3 is 18.2 Å². The Balaban J connectivity index is 1.88. The van der Waals surface area contributed by atoms with Crippen LogP contribution in [0.25, 0.3) is 0 Å². The summed E-state index contributed by atoms with van der Waals surface area (Å²) < 4.78 is 81.2. The van der Waals surface area contributed by atoms with Gasteiger partial charge in [0, 0.05) is 13.0 Å². The molecule has 1 amide bonds. The SMILES string of the molecule is COc1ccc(CN(Cc2ccco2)C(=O)C[C@@H](C)CC(C)(C)C)cc1OS(=O)(=O)c1cccc(C(F)(F)F)c1. The minimum atomic E-state index is -4.72. The number of carbonyl (C=O) groups excluding carboxylic acids is 1. The van der Waals surface area contributed by atoms with E-state index in [1.165, 1.54) is 25.5 Å². The van der Waals surface area contributed by atoms with Crippen molar-refractivity contribution in [3.05, 3.63) is 77.7 Å². The summed E-state index contributed by atoms with van der Waals surface area (Å²) in [7, 11) is -3.33. The monoisotopic (exact) mass is 581 g/mol. The lowest BCUT2D eigenvalue weighted by Gasteiger charge is -2.27. The molecule has 0 saturated carbocycles. The molecule has 0 aliphatic rings. The van der Waals surface area contributed by atoms with E-state index >= 15 is 0 Å². The zero-order valence-corrected chi connectivity index (χ0v) is 23.9. The number of benzene rings is 2. The van der Waals surface area contributed by atoms with Crippen LogP contribution in [0.4, 0.5) is 13.2 Å². The summed E-state index contributed by atoms with van der Waals surface area (Å²) in [5.41, 5.74) is -0.539. The fourth-order valence-corrected chi connectivity index (χ4v) is 5.45. The highest BCUT2D eigenvalue weighted by Crippen LogP contribution is 2.34. The molecule has 1 atom stereocenters. The van der Waals surface area contributed by atoms with Crippen molar-refractivity contribution in [2.45, 2.75) is 64.7 Å². The molecule has 0 radical (unpaired) electrons. The molecule has 1 heterocycles. The molecule has 11 heteroatoms. The predicted octanol–water partition coefficient (Wildman–Crippen LogP) is 7.07. The van der Waals surface area contributed by atoms with Crippen molar-refractivity contribution in [3.8, 4) is 11.5 Å². The van der Waals surface area contributed by atoms with Gasteiger partial charge in [-0.3, -0.25) is 4.79 Å². The fourth-order valence-electron chi connectivity index (χ4n) is 4.47. The molecule has 40 heavy (non-hydrogen) atoms. The highest BCUT2D eigenvalue weighted by Gasteiger charge is 2.32. The van der Waals surface area contributed by atoms with Crippen molar-refractivity contribution in [2.75, 3.05) is 7.11 Å². The Morgan fingerprint density at radius 1 is 1.00 bits per heavy atom. The summed E-state index contributed by atoms with van der Waals surface area (Å²) in [6, 6.07) is 11.3. The summed E-state index contributed by atoms with van der Waals surface area (Å²) in [4.78, 5) is 14.3. The maximum atomic E-state index is 13.3. The van der Waals surface area contributed by atoms with Crippen molar-refractivity contribution in [1.29, 1.82) is 0 Å². The molecule has 3 aromatic rings. The van der Waals surface area contributed by atoms with Crippen LogP contribution in [0.1, 0.15) is 57.4 Å². The molecule has 3 rings (SSSR count). The van der Waals surface area contributed by atoms with Crippen LogP contribution in [-0.2, 0) is 34.2 Å². The summed E-state index contributed by atoms with van der Waals surface area (Å²) in [5, 5.41) is 0. The van der Waals surface area contributed by atoms with Gasteiger partial charge in [-0.15, -0.1) is 0 Å². The maximum Gasteiger partial charge on any atom is 0.416 e. The number of carbonyl (C=O) groups is 1. The van der Waals surface area contributed by atoms with E-state index in [-0.39, 0.29) is 41.8 Å². The number of rotatable bonds is 11. The summed E-state index contributed by atoms with van der Waals surface area (Å²) >= 11 is 0. The van der Waals surface area contributed by atoms with Crippen LogP contribution in [0, 0.1) is 11.3 Å². The molecule has 0 N–H and O–H groups in total. The number of nitrogens with zero attached hydrogens (tertiary/aromatic N) is 1. The van der Waals surface area contributed by atoms with E-state index in [0.29, 0.717) is 23.8 Å². The first-order valence-electron chi connectivity index (χ1n) is 12.7. The smallest absolute Gasteiger partial charge is 0.416 e. The van der Waals surface area contributed by atoms with Gasteiger partial charge in [-0.2, -0.15) is 21.6 Å². The average Bonchev–Trinajstić information content (AvgIpc) is 3.35. The Kier molecular flexibility index (Phi) is 9.60. The van der Waals surface area contributed by atoms with Gasteiger partial charge in [0.2, 0.25) is 5.91 Å². The van der Waals surface area contributed by atoms with Crippen LogP contribution in [0.15, 0.2) is 70.2 Å². The molecule has 7 nitrogen and oxygen atoms in total. The minimum absolute atomic E-state index is 0.0544. The first kappa shape index (κ1) is 31.1. The normalized spacial score (nSPS) is 13.1. The first-order chi connectivity index (χ1) is 18.6. The van der Waals surface area contributed by atoms with Crippen molar-refractivity contribution in [3.63, 3.8) is 0 Å². The molecule has 2 aromatic carbocycles. The number of amides is 1. The number of hydrogen-bond donors (Lipinski definition) is 0. The molecule has 0 aliphatic carbocycles. The van der Waals surface area contributed by atoms with Gasteiger partial charge in [-0.1, -0.05) is 39.8 Å². The van der Waals surface area contributed by atoms with Gasteiger partial charge in [0.15, 0.2) is 11.5 Å². The second-order valence-electron chi connectivity index (χ2n) is 11.0. The molecule has 0 fully saturated rings. The van der Waals surface area contributed by atoms with E-state index in [2.05, 4.69) is 20.8 Å². The van der Waals surface area contributed by atoms with E-state index in [1.807, 2.05) is 6.92 Å². The Morgan fingerprint density at radius 2 is 1.73 bits per heavy atom. The first-order valence-corrected chi connectivity index (χ1v) is 14.1. The van der Waals surface area contributed by atoms with Crippen LogP contribution in [0.3, 0.4) is 0 Å². The molecule has 0 bridgehead atoms. The lowest BCUT2D eigenvalue weighted by atomic mass is 9.84. The quantitative estimate of drug-likeness (QED) is 0.225. The Labute approximate surface area is 233 Å². The van der Waals surface area contributed by atoms with Gasteiger partial charge in [-0.25, -0.2) is 0 Å². The second kappa shape index (κ2) is 12.4. The zero-order valence-electron chi connectivity index (χ0n) is 23.1. The van der Waals surface area contributed by atoms with Gasteiger partial charge in [0.25, 0.3) is 0 Å². The third-order valence-corrected chi connectivity index (χ3v) is 7.24. The standard InChI is InChI=1S/C29H34F3NO6S/c1-20(17-28(2,3)4)14-27(34)33(19-23-9-7-13-38-23)18-21-11-12-25(37-5)26(15-21)39-40(35,36)24-10-6-8-22(16-24)29(30,31)32/h6-13,15-16,20H,14,17-19H2,1-5H3/t20-/m1/s1. The Morgan fingerprint density at radius 3 is 2.33 bits per heavy atom. The van der Waals surface area contributed by atoms with E-state index in [1.54, 1.807) is 23.1 Å². The Hall–Kier alpha value is -3.47. The number of ether oxygens (including phenoxy) is 1. The van der Waals surface area contributed by atoms with E-state index < -0.39 is 26.8 Å². The maximum absolute atomic E-state index is 13.3. The molecular weight excluding hydrogens is 547 g/mol. The van der Waals surface area contributed by atoms with Crippen molar-refractivity contribution >= 4 is 16.0 Å². The number of methoxy groups -OCH3 is 1. The van der Waals surface area contributed by atoms with Crippen LogP contribution < -0.4 is 8.92 Å². The molecule has 0 unspecified atom stereocenters. The number of hydrogen-bond acceptors (Lipinski definition) is 6. The molecular formula is C29H34F3NO6S. The molecule has 0 spiro atoms. The topological polar surface area (TPSA) is 86.0 Å². The van der Waals surface area contributed by atoms with Crippen LogP contribution in [0.5, 0.6) is 11.5 Å². The summed E-state index contributed by atoms with van der Waals surface area (Å²) in [5.74, 6) is 0.432. The van der Waals surface area contributed by atoms with Crippen molar-refractivity contribution < 1.29 is 39.7 Å². The second-order valence-corrected chi connectivity index (χ2v) is 12.5. The average molecular weight is 582 g/mol. The van der Waals surface area contributed by atoms with E-state index in [4.69, 9.17) is 13.3 Å². The van der Waals surface area contributed by atoms with Crippen LogP contribution in [0.2, 0.25) is 0 Å².